The van der Waals surface area contributed by atoms with Gasteiger partial charge in [0.05, 0.1) is 16.7 Å². The van der Waals surface area contributed by atoms with Gasteiger partial charge in [0.15, 0.2) is 6.61 Å². The second-order valence-electron chi connectivity index (χ2n) is 5.56. The number of benzene rings is 2. The van der Waals surface area contributed by atoms with Crippen molar-refractivity contribution in [1.29, 1.82) is 0 Å². The first kappa shape index (κ1) is 17.3. The third-order valence-corrected chi connectivity index (χ3v) is 3.79. The largest absolute Gasteiger partial charge is 0.452 e. The van der Waals surface area contributed by atoms with Crippen molar-refractivity contribution in [2.45, 2.75) is 0 Å². The van der Waals surface area contributed by atoms with E-state index in [0.717, 1.165) is 4.90 Å². The Hall–Kier alpha value is -3.55. The van der Waals surface area contributed by atoms with Crippen molar-refractivity contribution < 1.29 is 28.3 Å². The molecule has 7 nitrogen and oxygen atoms in total. The Morgan fingerprint density at radius 2 is 1.69 bits per heavy atom. The minimum Gasteiger partial charge on any atom is -0.452 e. The summed E-state index contributed by atoms with van der Waals surface area (Å²) in [7, 11) is 1.35. The van der Waals surface area contributed by atoms with Gasteiger partial charge in [0.25, 0.3) is 17.7 Å². The maximum absolute atomic E-state index is 12.8. The van der Waals surface area contributed by atoms with Crippen molar-refractivity contribution in [3.63, 3.8) is 0 Å². The van der Waals surface area contributed by atoms with Crippen LogP contribution in [0, 0.1) is 5.82 Å². The van der Waals surface area contributed by atoms with Gasteiger partial charge in [0.1, 0.15) is 5.82 Å². The number of hydrogen-bond acceptors (Lipinski definition) is 5. The van der Waals surface area contributed by atoms with Crippen molar-refractivity contribution in [2.75, 3.05) is 19.0 Å². The predicted molar refractivity (Wildman–Crippen MR) is 88.2 cm³/mol. The SMILES string of the molecule is CN1C(=O)c2ccc(C(=O)OCC(=O)Nc3ccc(F)cc3)cc2C1=O. The van der Waals surface area contributed by atoms with E-state index in [1.807, 2.05) is 0 Å². The molecule has 0 spiro atoms. The normalized spacial score (nSPS) is 12.8. The zero-order valence-electron chi connectivity index (χ0n) is 13.6. The van der Waals surface area contributed by atoms with Gasteiger partial charge >= 0.3 is 5.97 Å². The number of hydrogen-bond donors (Lipinski definition) is 1. The molecule has 0 fully saturated rings. The van der Waals surface area contributed by atoms with Crippen LogP contribution in [0.3, 0.4) is 0 Å². The third-order valence-electron chi connectivity index (χ3n) is 3.79. The molecule has 2 aromatic rings. The zero-order valence-corrected chi connectivity index (χ0v) is 13.6. The highest BCUT2D eigenvalue weighted by atomic mass is 19.1. The maximum Gasteiger partial charge on any atom is 0.338 e. The first-order valence-corrected chi connectivity index (χ1v) is 7.56. The Morgan fingerprint density at radius 1 is 1.04 bits per heavy atom. The molecule has 3 rings (SSSR count). The topological polar surface area (TPSA) is 92.8 Å². The Balaban J connectivity index is 1.62. The van der Waals surface area contributed by atoms with Gasteiger partial charge in [-0.15, -0.1) is 0 Å². The maximum atomic E-state index is 12.8. The number of amides is 3. The zero-order chi connectivity index (χ0) is 18.8. The Bertz CT molecular complexity index is 924. The molecular formula is C18H13FN2O5. The number of rotatable bonds is 4. The summed E-state index contributed by atoms with van der Waals surface area (Å²) in [5.41, 5.74) is 0.734. The van der Waals surface area contributed by atoms with Crippen LogP contribution in [-0.4, -0.2) is 42.2 Å². The molecule has 0 saturated heterocycles. The number of nitrogens with zero attached hydrogens (tertiary/aromatic N) is 1. The Labute approximate surface area is 147 Å². The van der Waals surface area contributed by atoms with Gasteiger partial charge in [0, 0.05) is 12.7 Å². The van der Waals surface area contributed by atoms with Gasteiger partial charge < -0.3 is 10.1 Å². The Kier molecular flexibility index (Phi) is 4.49. The summed E-state index contributed by atoms with van der Waals surface area (Å²) in [6, 6.07) is 9.09. The summed E-state index contributed by atoms with van der Waals surface area (Å²) in [6.07, 6.45) is 0. The van der Waals surface area contributed by atoms with E-state index in [0.29, 0.717) is 5.69 Å². The number of fused-ring (bicyclic) bond motifs is 1. The highest BCUT2D eigenvalue weighted by Crippen LogP contribution is 2.23. The number of esters is 1. The molecule has 3 amide bonds. The molecule has 0 unspecified atom stereocenters. The van der Waals surface area contributed by atoms with Gasteiger partial charge in [-0.1, -0.05) is 0 Å². The van der Waals surface area contributed by atoms with Crippen molar-refractivity contribution in [3.05, 3.63) is 65.0 Å². The van der Waals surface area contributed by atoms with Crippen LogP contribution in [0.25, 0.3) is 0 Å². The number of carbonyl (C=O) groups is 4. The molecule has 1 heterocycles. The third kappa shape index (κ3) is 3.30. The molecule has 8 heteroatoms. The van der Waals surface area contributed by atoms with E-state index in [-0.39, 0.29) is 16.7 Å². The molecule has 0 aromatic heterocycles. The van der Waals surface area contributed by atoms with Gasteiger partial charge in [-0.25, -0.2) is 9.18 Å². The molecule has 1 aliphatic heterocycles. The number of ether oxygens (including phenoxy) is 1. The first-order valence-electron chi connectivity index (χ1n) is 7.56. The molecule has 0 atom stereocenters. The van der Waals surface area contributed by atoms with E-state index >= 15 is 0 Å². The number of nitrogens with one attached hydrogen (secondary N) is 1. The number of carbonyl (C=O) groups excluding carboxylic acids is 4. The van der Waals surface area contributed by atoms with Gasteiger partial charge in [0.2, 0.25) is 0 Å². The Morgan fingerprint density at radius 3 is 2.38 bits per heavy atom. The summed E-state index contributed by atoms with van der Waals surface area (Å²) in [4.78, 5) is 48.5. The fraction of sp³-hybridized carbons (Fsp3) is 0.111. The minimum absolute atomic E-state index is 0.0507. The highest BCUT2D eigenvalue weighted by molar-refractivity contribution is 6.21. The van der Waals surface area contributed by atoms with E-state index in [2.05, 4.69) is 5.32 Å². The van der Waals surface area contributed by atoms with Crippen LogP contribution in [0.15, 0.2) is 42.5 Å². The van der Waals surface area contributed by atoms with Crippen LogP contribution in [-0.2, 0) is 9.53 Å². The summed E-state index contributed by atoms with van der Waals surface area (Å²) >= 11 is 0. The fourth-order valence-electron chi connectivity index (χ4n) is 2.43. The molecule has 132 valence electrons. The predicted octanol–water partition coefficient (Wildman–Crippen LogP) is 1.85. The monoisotopic (exact) mass is 356 g/mol. The molecule has 1 aliphatic rings. The van der Waals surface area contributed by atoms with Crippen LogP contribution in [0.2, 0.25) is 0 Å². The van der Waals surface area contributed by atoms with E-state index in [1.165, 1.54) is 49.5 Å². The van der Waals surface area contributed by atoms with Crippen molar-refractivity contribution in [2.24, 2.45) is 0 Å². The van der Waals surface area contributed by atoms with Gasteiger partial charge in [-0.05, 0) is 42.5 Å². The second-order valence-corrected chi connectivity index (χ2v) is 5.56. The molecular weight excluding hydrogens is 343 g/mol. The lowest BCUT2D eigenvalue weighted by Crippen LogP contribution is -2.24. The van der Waals surface area contributed by atoms with Crippen LogP contribution in [0.4, 0.5) is 10.1 Å². The lowest BCUT2D eigenvalue weighted by Gasteiger charge is -2.07. The minimum atomic E-state index is -0.808. The van der Waals surface area contributed by atoms with Crippen LogP contribution in [0.5, 0.6) is 0 Å². The highest BCUT2D eigenvalue weighted by Gasteiger charge is 2.33. The molecule has 0 saturated carbocycles. The summed E-state index contributed by atoms with van der Waals surface area (Å²) < 4.78 is 17.7. The van der Waals surface area contributed by atoms with Gasteiger partial charge in [-0.2, -0.15) is 0 Å². The molecule has 26 heavy (non-hydrogen) atoms. The summed E-state index contributed by atoms with van der Waals surface area (Å²) in [5.74, 6) is -2.80. The standard InChI is InChI=1S/C18H13FN2O5/c1-21-16(23)13-7-2-10(8-14(13)17(21)24)18(25)26-9-15(22)20-12-5-3-11(19)4-6-12/h2-8H,9H2,1H3,(H,20,22). The van der Waals surface area contributed by atoms with Crippen molar-refractivity contribution in [3.8, 4) is 0 Å². The summed E-state index contributed by atoms with van der Waals surface area (Å²) in [5, 5.41) is 2.45. The molecule has 2 aromatic carbocycles. The van der Waals surface area contributed by atoms with Crippen molar-refractivity contribution in [1.82, 2.24) is 4.90 Å². The second kappa shape index (κ2) is 6.75. The van der Waals surface area contributed by atoms with Crippen LogP contribution < -0.4 is 5.32 Å². The van der Waals surface area contributed by atoms with E-state index in [1.54, 1.807) is 0 Å². The fourth-order valence-corrected chi connectivity index (χ4v) is 2.43. The quantitative estimate of drug-likeness (QED) is 0.667. The van der Waals surface area contributed by atoms with Gasteiger partial charge in [-0.3, -0.25) is 19.3 Å². The van der Waals surface area contributed by atoms with E-state index < -0.39 is 36.1 Å². The number of anilines is 1. The van der Waals surface area contributed by atoms with Crippen molar-refractivity contribution >= 4 is 29.4 Å². The molecule has 1 N–H and O–H groups in total. The first-order chi connectivity index (χ1) is 12.4. The van der Waals surface area contributed by atoms with Crippen LogP contribution in [0.1, 0.15) is 31.1 Å². The number of halogens is 1. The number of imide groups is 1. The lowest BCUT2D eigenvalue weighted by molar-refractivity contribution is -0.119. The molecule has 0 aliphatic carbocycles. The lowest BCUT2D eigenvalue weighted by atomic mass is 10.1. The average Bonchev–Trinajstić information content (AvgIpc) is 2.85. The van der Waals surface area contributed by atoms with E-state index in [9.17, 15) is 23.6 Å². The van der Waals surface area contributed by atoms with Crippen LogP contribution >= 0.6 is 0 Å². The average molecular weight is 356 g/mol. The smallest absolute Gasteiger partial charge is 0.338 e. The van der Waals surface area contributed by atoms with E-state index in [4.69, 9.17) is 4.74 Å². The molecule has 0 bridgehead atoms. The molecule has 0 radical (unpaired) electrons. The summed E-state index contributed by atoms with van der Waals surface area (Å²) in [6.45, 7) is -0.555.